The van der Waals surface area contributed by atoms with E-state index in [-0.39, 0.29) is 105 Å². The number of thiophene rings is 1. The van der Waals surface area contributed by atoms with Crippen LogP contribution in [0.1, 0.15) is 170 Å². The van der Waals surface area contributed by atoms with Crippen LogP contribution in [0.4, 0.5) is 27.8 Å². The second-order valence-electron chi connectivity index (χ2n) is 34.6. The average molecular weight is 1810 g/mol. The van der Waals surface area contributed by atoms with Gasteiger partial charge in [0.25, 0.3) is 0 Å². The highest BCUT2D eigenvalue weighted by atomic mass is 35.5. The van der Waals surface area contributed by atoms with E-state index in [1.807, 2.05) is 162 Å². The van der Waals surface area contributed by atoms with E-state index >= 15 is 4.39 Å². The summed E-state index contributed by atoms with van der Waals surface area (Å²) in [7, 11) is 0. The normalized spacial score (nSPS) is 17.1. The lowest BCUT2D eigenvalue weighted by Gasteiger charge is -2.44. The SMILES string of the molecule is C=CC(=O)N1CC(C)N(c2nc(=O)n(-c3c(C(C)C)nc(N)nc3C(C)C)c3nc(-c4ccccc4F)c(Cl)cc23)CC1C.C=CC(=O)N1CC(C)N(c2nc(=O)n(-c3c(C)ccnc3C(C)C)c3nc(-c4sccc4C)c(Cl)cc23)CC1C.C=CC(=O)N1CCN(c2nc(=O)n(-c3c(C)ccnc3C(C)C)c3nc(-c4c(C)ccc5c4CC(=O)C5)c(Cl)cc23)C(C)C1. The van der Waals surface area contributed by atoms with Crippen molar-refractivity contribution in [1.82, 2.24) is 78.2 Å². The molecule has 27 nitrogen and oxygen atoms in total. The molecule has 0 saturated carbocycles. The number of piperazine rings is 3. The molecular formula is C96H104Cl3FN20O7S. The maximum atomic E-state index is 15.1. The van der Waals surface area contributed by atoms with Gasteiger partial charge in [0, 0.05) is 112 Å². The summed E-state index contributed by atoms with van der Waals surface area (Å²) in [5, 5.41) is 4.86. The second-order valence-corrected chi connectivity index (χ2v) is 36.7. The van der Waals surface area contributed by atoms with Crippen LogP contribution in [0.5, 0.6) is 0 Å². The molecule has 5 atom stereocenters. The van der Waals surface area contributed by atoms with Gasteiger partial charge in [-0.3, -0.25) is 29.1 Å². The standard InChI is InChI=1S/C34H35ClN6O3.C32H36ClFN8O2.C30H33ClN6O2S/c1-7-27(43)39-12-13-40(21(6)17-39)32-25-16-26(35)30(28-19(4)8-9-22-14-23(42)15-24(22)28)37-33(25)41(34(44)38-32)31-20(5)10-11-36-29(31)18(2)3;1-8-24(43)40-14-19(7)41(15-18(40)6)29-21-13-22(33)27(20-11-9-10-12-23(20)34)36-30(21)42(32(44)39-29)28-25(16(2)3)37-31(35)38-26(28)17(4)5;1-8-23(38)35-14-20(7)36(15-19(35)6)28-21-13-22(31)25(27-18(5)10-12-40-27)33-29(21)37(30(39)34-28)26-17(4)9-11-32-24(26)16(2)3/h7-11,16,18,21H,1,12-15,17H2,2-6H3;8-13,16-19H,1,14-15H2,2-7H3,(H2,35,37,38);8-13,16,19-20H,1,14-15H2,2-7H3. The highest BCUT2D eigenvalue weighted by Crippen LogP contribution is 2.44. The fourth-order valence-corrected chi connectivity index (χ4v) is 19.5. The number of benzene rings is 2. The van der Waals surface area contributed by atoms with Crippen LogP contribution in [0.3, 0.4) is 0 Å². The molecule has 3 saturated heterocycles. The molecule has 0 radical (unpaired) electrons. The minimum Gasteiger partial charge on any atom is -0.368 e. The van der Waals surface area contributed by atoms with Crippen molar-refractivity contribution in [2.45, 2.75) is 184 Å². The largest absolute Gasteiger partial charge is 0.368 e. The van der Waals surface area contributed by atoms with Crippen molar-refractivity contribution < 1.29 is 23.6 Å². The third-order valence-electron chi connectivity index (χ3n) is 24.2. The van der Waals surface area contributed by atoms with E-state index in [2.05, 4.69) is 73.4 Å². The summed E-state index contributed by atoms with van der Waals surface area (Å²) in [5.74, 6) is 0.525. The zero-order valence-electron chi connectivity index (χ0n) is 74.9. The number of fused-ring (bicyclic) bond motifs is 4. The van der Waals surface area contributed by atoms with Gasteiger partial charge in [0.15, 0.2) is 16.9 Å². The molecule has 4 aliphatic rings. The number of aryl methyl sites for hydroxylation is 4. The van der Waals surface area contributed by atoms with Crippen LogP contribution in [0, 0.1) is 33.5 Å². The smallest absolute Gasteiger partial charge is 0.355 e. The molecule has 1 aliphatic carbocycles. The highest BCUT2D eigenvalue weighted by Gasteiger charge is 2.39. The van der Waals surface area contributed by atoms with Gasteiger partial charge in [-0.15, -0.1) is 11.3 Å². The van der Waals surface area contributed by atoms with Gasteiger partial charge in [-0.2, -0.15) is 15.0 Å². The van der Waals surface area contributed by atoms with Crippen LogP contribution < -0.4 is 37.5 Å². The third kappa shape index (κ3) is 17.3. The third-order valence-corrected chi connectivity index (χ3v) is 26.1. The fourth-order valence-electron chi connectivity index (χ4n) is 17.8. The molecule has 0 spiro atoms. The molecule has 664 valence electrons. The predicted molar refractivity (Wildman–Crippen MR) is 508 cm³/mol. The van der Waals surface area contributed by atoms with Gasteiger partial charge in [-0.05, 0) is 192 Å². The molecule has 2 N–H and O–H groups in total. The van der Waals surface area contributed by atoms with Gasteiger partial charge in [0.1, 0.15) is 34.7 Å². The van der Waals surface area contributed by atoms with Crippen LogP contribution >= 0.6 is 46.1 Å². The number of nitrogens with zero attached hydrogens (tertiary/aromatic N) is 19. The Morgan fingerprint density at radius 3 is 1.37 bits per heavy atom. The molecular weight excluding hydrogens is 1700 g/mol. The molecule has 13 heterocycles. The number of rotatable bonds is 16. The van der Waals surface area contributed by atoms with Crippen LogP contribution in [-0.2, 0) is 32.0 Å². The Labute approximate surface area is 761 Å². The number of anilines is 4. The van der Waals surface area contributed by atoms with Crippen LogP contribution in [-0.4, -0.2) is 178 Å². The Morgan fingerprint density at radius 2 is 0.914 bits per heavy atom. The maximum absolute atomic E-state index is 15.1. The number of ketones is 1. The lowest BCUT2D eigenvalue weighted by Crippen LogP contribution is -2.58. The molecule has 32 heteroatoms. The number of Topliss-reactive ketones (excluding diaryl/α,β-unsaturated/α-hetero) is 1. The van der Waals surface area contributed by atoms with Crippen molar-refractivity contribution in [3.05, 3.63) is 237 Å². The topological polar surface area (TPSA) is 309 Å². The number of halogens is 4. The van der Waals surface area contributed by atoms with Gasteiger partial charge in [-0.1, -0.05) is 134 Å². The average Bonchev–Trinajstić information content (AvgIpc) is 0.761. The first-order valence-corrected chi connectivity index (χ1v) is 44.9. The molecule has 0 bridgehead atoms. The van der Waals surface area contributed by atoms with Gasteiger partial charge in [0.05, 0.1) is 87.3 Å². The van der Waals surface area contributed by atoms with E-state index in [4.69, 9.17) is 55.5 Å². The highest BCUT2D eigenvalue weighted by molar-refractivity contribution is 7.13. The minimum absolute atomic E-state index is 0.0273. The number of nitrogens with two attached hydrogens (primary N) is 1. The second kappa shape index (κ2) is 37.2. The van der Waals surface area contributed by atoms with Gasteiger partial charge in [0.2, 0.25) is 23.7 Å². The molecule has 10 aromatic heterocycles. The zero-order valence-corrected chi connectivity index (χ0v) is 78.0. The number of carbonyl (C=O) groups excluding carboxylic acids is 4. The lowest BCUT2D eigenvalue weighted by molar-refractivity contribution is -0.129. The van der Waals surface area contributed by atoms with E-state index in [0.29, 0.717) is 153 Å². The summed E-state index contributed by atoms with van der Waals surface area (Å²) < 4.78 is 19.6. The number of amides is 3. The summed E-state index contributed by atoms with van der Waals surface area (Å²) >= 11 is 22.4. The predicted octanol–water partition coefficient (Wildman–Crippen LogP) is 16.5. The molecule has 2 aromatic carbocycles. The van der Waals surface area contributed by atoms with E-state index in [0.717, 1.165) is 55.2 Å². The summed E-state index contributed by atoms with van der Waals surface area (Å²) in [6.45, 7) is 47.9. The molecule has 12 aromatic rings. The first-order chi connectivity index (χ1) is 60.9. The Balaban J connectivity index is 0.000000156. The van der Waals surface area contributed by atoms with Crippen molar-refractivity contribution in [2.24, 2.45) is 0 Å². The van der Waals surface area contributed by atoms with Gasteiger partial charge in [-0.25, -0.2) is 57.4 Å². The minimum atomic E-state index is -0.608. The number of hydrogen-bond donors (Lipinski definition) is 1. The Hall–Kier alpha value is -12.3. The van der Waals surface area contributed by atoms with Crippen molar-refractivity contribution in [2.75, 3.05) is 66.2 Å². The first kappa shape index (κ1) is 91.9. The summed E-state index contributed by atoms with van der Waals surface area (Å²) in [4.78, 5) is 152. The molecule has 128 heavy (non-hydrogen) atoms. The number of pyridine rings is 5. The van der Waals surface area contributed by atoms with Crippen molar-refractivity contribution in [3.63, 3.8) is 0 Å². The Bertz CT molecular complexity index is 6700. The van der Waals surface area contributed by atoms with E-state index < -0.39 is 22.9 Å². The summed E-state index contributed by atoms with van der Waals surface area (Å²) in [5.41, 5.74) is 18.2. The number of aromatic nitrogens is 13. The van der Waals surface area contributed by atoms with Crippen molar-refractivity contribution in [1.29, 1.82) is 0 Å². The van der Waals surface area contributed by atoms with Crippen LogP contribution in [0.25, 0.3) is 83.2 Å². The molecule has 16 rings (SSSR count). The monoisotopic (exact) mass is 1800 g/mol. The molecule has 3 fully saturated rings. The van der Waals surface area contributed by atoms with Crippen LogP contribution in [0.15, 0.2) is 143 Å². The van der Waals surface area contributed by atoms with E-state index in [9.17, 15) is 33.6 Å². The fraction of sp³-hybridized carbons (Fsp3) is 0.365. The Morgan fingerprint density at radius 1 is 0.477 bits per heavy atom. The molecule has 3 amide bonds. The lowest BCUT2D eigenvalue weighted by atomic mass is 9.95. The van der Waals surface area contributed by atoms with Gasteiger partial charge >= 0.3 is 17.1 Å². The number of carbonyl (C=O) groups is 4. The maximum Gasteiger partial charge on any atom is 0.355 e. The zero-order chi connectivity index (χ0) is 92.4. The molecule has 3 aliphatic heterocycles. The summed E-state index contributed by atoms with van der Waals surface area (Å²) in [6, 6.07) is 20.6. The van der Waals surface area contributed by atoms with E-state index in [1.54, 1.807) is 71.8 Å². The van der Waals surface area contributed by atoms with Crippen molar-refractivity contribution >= 4 is 126 Å². The van der Waals surface area contributed by atoms with E-state index in [1.165, 1.54) is 28.9 Å². The number of nitrogen functional groups attached to an aromatic ring is 1. The van der Waals surface area contributed by atoms with Crippen molar-refractivity contribution in [3.8, 4) is 50.1 Å². The molecule has 5 unspecified atom stereocenters. The van der Waals surface area contributed by atoms with Crippen LogP contribution in [0.2, 0.25) is 15.1 Å². The quantitative estimate of drug-likeness (QED) is 0.0879. The first-order valence-electron chi connectivity index (χ1n) is 42.9. The number of hydrogen-bond acceptors (Lipinski definition) is 22. The summed E-state index contributed by atoms with van der Waals surface area (Å²) in [6.07, 6.45) is 8.18. The Kier molecular flexibility index (Phi) is 26.7. The van der Waals surface area contributed by atoms with Gasteiger partial charge < -0.3 is 35.1 Å².